The molecule has 0 bridgehead atoms. The monoisotopic (exact) mass is 296 g/mol. The van der Waals surface area contributed by atoms with Crippen LogP contribution in [0.15, 0.2) is 41.0 Å². The van der Waals surface area contributed by atoms with Gasteiger partial charge in [-0.05, 0) is 35.9 Å². The van der Waals surface area contributed by atoms with Gasteiger partial charge in [-0.2, -0.15) is 0 Å². The predicted molar refractivity (Wildman–Crippen MR) is 88.2 cm³/mol. The molecule has 0 atom stereocenters. The van der Waals surface area contributed by atoms with E-state index in [-0.39, 0.29) is 6.61 Å². The summed E-state index contributed by atoms with van der Waals surface area (Å²) in [7, 11) is 1.67. The van der Waals surface area contributed by atoms with Gasteiger partial charge < -0.3 is 14.3 Å². The summed E-state index contributed by atoms with van der Waals surface area (Å²) in [6.45, 7) is 4.03. The van der Waals surface area contributed by atoms with E-state index in [0.29, 0.717) is 5.76 Å². The molecule has 1 aromatic heterocycles. The Morgan fingerprint density at radius 2 is 1.95 bits per heavy atom. The minimum atomic E-state index is -0.0478. The summed E-state index contributed by atoms with van der Waals surface area (Å²) in [5, 5.41) is 11.9. The van der Waals surface area contributed by atoms with Gasteiger partial charge in [0.05, 0.1) is 25.5 Å². The molecule has 0 aliphatic rings. The fourth-order valence-electron chi connectivity index (χ4n) is 2.99. The predicted octanol–water partition coefficient (Wildman–Crippen LogP) is 4.47. The highest BCUT2D eigenvalue weighted by Gasteiger charge is 2.18. The second kappa shape index (κ2) is 5.85. The number of aryl methyl sites for hydroxylation is 2. The Kier molecular flexibility index (Phi) is 3.90. The molecule has 0 saturated carbocycles. The van der Waals surface area contributed by atoms with Crippen molar-refractivity contribution in [2.24, 2.45) is 0 Å². The second-order valence-corrected chi connectivity index (χ2v) is 5.40. The van der Waals surface area contributed by atoms with Crippen molar-refractivity contribution in [3.8, 4) is 17.1 Å². The van der Waals surface area contributed by atoms with Crippen molar-refractivity contribution in [1.82, 2.24) is 0 Å². The number of rotatable bonds is 4. The maximum atomic E-state index is 9.61. The minimum Gasteiger partial charge on any atom is -0.495 e. The van der Waals surface area contributed by atoms with E-state index in [1.54, 1.807) is 13.4 Å². The lowest BCUT2D eigenvalue weighted by Crippen LogP contribution is -1.94. The summed E-state index contributed by atoms with van der Waals surface area (Å²) >= 11 is 0. The molecular formula is C19H20O3. The molecule has 0 saturated heterocycles. The third-order valence-corrected chi connectivity index (χ3v) is 4.19. The topological polar surface area (TPSA) is 42.6 Å². The molecule has 114 valence electrons. The van der Waals surface area contributed by atoms with Gasteiger partial charge in [-0.25, -0.2) is 0 Å². The Labute approximate surface area is 130 Å². The van der Waals surface area contributed by atoms with Crippen molar-refractivity contribution in [1.29, 1.82) is 0 Å². The highest BCUT2D eigenvalue weighted by atomic mass is 16.5. The fraction of sp³-hybridized carbons (Fsp3) is 0.263. The molecule has 3 heteroatoms. The smallest absolute Gasteiger partial charge is 0.143 e. The maximum absolute atomic E-state index is 9.61. The van der Waals surface area contributed by atoms with Crippen molar-refractivity contribution in [3.05, 3.63) is 53.3 Å². The highest BCUT2D eigenvalue weighted by molar-refractivity contribution is 5.96. The van der Waals surface area contributed by atoms with Crippen LogP contribution in [0.2, 0.25) is 0 Å². The van der Waals surface area contributed by atoms with E-state index in [9.17, 15) is 5.11 Å². The number of hydrogen-bond acceptors (Lipinski definition) is 3. The molecule has 0 aliphatic heterocycles. The molecule has 0 spiro atoms. The Hall–Kier alpha value is -2.26. The molecule has 1 heterocycles. The number of aliphatic hydroxyl groups is 1. The largest absolute Gasteiger partial charge is 0.495 e. The van der Waals surface area contributed by atoms with E-state index < -0.39 is 0 Å². The zero-order chi connectivity index (χ0) is 15.7. The number of fused-ring (bicyclic) bond motifs is 1. The number of benzene rings is 2. The van der Waals surface area contributed by atoms with Gasteiger partial charge in [0.2, 0.25) is 0 Å². The van der Waals surface area contributed by atoms with Crippen LogP contribution in [0, 0.1) is 6.92 Å². The van der Waals surface area contributed by atoms with Crippen molar-refractivity contribution in [2.45, 2.75) is 26.9 Å². The Morgan fingerprint density at radius 1 is 1.14 bits per heavy atom. The quantitative estimate of drug-likeness (QED) is 0.772. The Morgan fingerprint density at radius 3 is 2.64 bits per heavy atom. The second-order valence-electron chi connectivity index (χ2n) is 5.40. The molecule has 0 amide bonds. The molecule has 0 radical (unpaired) electrons. The number of aliphatic hydroxyl groups excluding tert-OH is 1. The van der Waals surface area contributed by atoms with Crippen LogP contribution in [0.3, 0.4) is 0 Å². The maximum Gasteiger partial charge on any atom is 0.143 e. The van der Waals surface area contributed by atoms with E-state index in [1.165, 1.54) is 10.9 Å². The van der Waals surface area contributed by atoms with E-state index >= 15 is 0 Å². The van der Waals surface area contributed by atoms with Crippen molar-refractivity contribution in [2.75, 3.05) is 7.11 Å². The standard InChI is InChI=1S/C19H20O3/c1-4-13-6-5-7-15-14(13)8-9-16(18(15)21-3)19-17(10-20)12(2)11-22-19/h5-9,11,20H,4,10H2,1-3H3. The lowest BCUT2D eigenvalue weighted by atomic mass is 9.97. The molecule has 0 fully saturated rings. The summed E-state index contributed by atoms with van der Waals surface area (Å²) < 4.78 is 11.4. The van der Waals surface area contributed by atoms with Crippen LogP contribution in [-0.4, -0.2) is 12.2 Å². The average molecular weight is 296 g/mol. The summed E-state index contributed by atoms with van der Waals surface area (Å²) in [5.41, 5.74) is 3.92. The summed E-state index contributed by atoms with van der Waals surface area (Å²) in [4.78, 5) is 0. The molecule has 3 aromatic rings. The van der Waals surface area contributed by atoms with E-state index in [2.05, 4.69) is 25.1 Å². The summed E-state index contributed by atoms with van der Waals surface area (Å²) in [5.74, 6) is 1.47. The van der Waals surface area contributed by atoms with Gasteiger partial charge >= 0.3 is 0 Å². The third kappa shape index (κ3) is 2.18. The van der Waals surface area contributed by atoms with E-state index in [0.717, 1.165) is 34.2 Å². The fourth-order valence-corrected chi connectivity index (χ4v) is 2.99. The lowest BCUT2D eigenvalue weighted by Gasteiger charge is -2.13. The number of furan rings is 1. The van der Waals surface area contributed by atoms with E-state index in [4.69, 9.17) is 9.15 Å². The van der Waals surface area contributed by atoms with Gasteiger partial charge in [0.15, 0.2) is 0 Å². The first kappa shape index (κ1) is 14.7. The van der Waals surface area contributed by atoms with Crippen LogP contribution in [0.25, 0.3) is 22.1 Å². The van der Waals surface area contributed by atoms with Gasteiger partial charge in [-0.15, -0.1) is 0 Å². The third-order valence-electron chi connectivity index (χ3n) is 4.19. The van der Waals surface area contributed by atoms with Crippen molar-refractivity contribution < 1.29 is 14.3 Å². The van der Waals surface area contributed by atoms with Gasteiger partial charge in [0, 0.05) is 10.9 Å². The van der Waals surface area contributed by atoms with Gasteiger partial charge in [-0.3, -0.25) is 0 Å². The first-order valence-corrected chi connectivity index (χ1v) is 7.48. The number of ether oxygens (including phenoxy) is 1. The SMILES string of the molecule is CCc1cccc2c(OC)c(-c3occ(C)c3CO)ccc12. The van der Waals surface area contributed by atoms with Crippen LogP contribution >= 0.6 is 0 Å². The van der Waals surface area contributed by atoms with Gasteiger partial charge in [-0.1, -0.05) is 31.2 Å². The van der Waals surface area contributed by atoms with Crippen molar-refractivity contribution >= 4 is 10.8 Å². The lowest BCUT2D eigenvalue weighted by molar-refractivity contribution is 0.280. The minimum absolute atomic E-state index is 0.0478. The summed E-state index contributed by atoms with van der Waals surface area (Å²) in [6, 6.07) is 10.4. The van der Waals surface area contributed by atoms with Crippen LogP contribution in [0.1, 0.15) is 23.6 Å². The summed E-state index contributed by atoms with van der Waals surface area (Å²) in [6.07, 6.45) is 2.65. The van der Waals surface area contributed by atoms with Crippen LogP contribution < -0.4 is 4.74 Å². The van der Waals surface area contributed by atoms with E-state index in [1.807, 2.05) is 19.1 Å². The molecule has 1 N–H and O–H groups in total. The normalized spacial score (nSPS) is 11.1. The number of hydrogen-bond donors (Lipinski definition) is 1. The van der Waals surface area contributed by atoms with Crippen LogP contribution in [-0.2, 0) is 13.0 Å². The molecule has 3 rings (SSSR count). The Bertz CT molecular complexity index is 815. The molecule has 0 unspecified atom stereocenters. The average Bonchev–Trinajstić information content (AvgIpc) is 2.93. The molecule has 22 heavy (non-hydrogen) atoms. The first-order chi connectivity index (χ1) is 10.7. The Balaban J connectivity index is 2.31. The molecule has 2 aromatic carbocycles. The molecule has 3 nitrogen and oxygen atoms in total. The van der Waals surface area contributed by atoms with Crippen LogP contribution in [0.4, 0.5) is 0 Å². The molecule has 0 aliphatic carbocycles. The zero-order valence-electron chi connectivity index (χ0n) is 13.1. The highest BCUT2D eigenvalue weighted by Crippen LogP contribution is 2.40. The van der Waals surface area contributed by atoms with Crippen molar-refractivity contribution in [3.63, 3.8) is 0 Å². The zero-order valence-corrected chi connectivity index (χ0v) is 13.1. The first-order valence-electron chi connectivity index (χ1n) is 7.48. The van der Waals surface area contributed by atoms with Crippen LogP contribution in [0.5, 0.6) is 5.75 Å². The van der Waals surface area contributed by atoms with Gasteiger partial charge in [0.25, 0.3) is 0 Å². The van der Waals surface area contributed by atoms with Gasteiger partial charge in [0.1, 0.15) is 11.5 Å². The molecular weight excluding hydrogens is 276 g/mol. The number of methoxy groups -OCH3 is 1.